The van der Waals surface area contributed by atoms with Gasteiger partial charge in [-0.25, -0.2) is 0 Å². The minimum atomic E-state index is -4.25. The van der Waals surface area contributed by atoms with E-state index in [9.17, 15) is 13.0 Å². The molecule has 138 valence electrons. The van der Waals surface area contributed by atoms with Crippen molar-refractivity contribution in [1.29, 1.82) is 0 Å². The van der Waals surface area contributed by atoms with E-state index < -0.39 is 10.1 Å². The normalized spacial score (nSPS) is 15.5. The van der Waals surface area contributed by atoms with Gasteiger partial charge in [0, 0.05) is 5.57 Å². The monoisotopic (exact) mass is 496 g/mol. The maximum absolute atomic E-state index is 11.8. The molecular formula is C20H16Cl2O3SZr. The number of allylic oxidation sites excluding steroid dienone is 7. The van der Waals surface area contributed by atoms with Crippen molar-refractivity contribution in [3.8, 4) is 0 Å². The van der Waals surface area contributed by atoms with Crippen LogP contribution in [0, 0.1) is 0 Å². The van der Waals surface area contributed by atoms with Crippen LogP contribution in [0.3, 0.4) is 0 Å². The van der Waals surface area contributed by atoms with Crippen LogP contribution in [0.2, 0.25) is 0 Å². The molecule has 1 N–H and O–H groups in total. The third-order valence-corrected chi connectivity index (χ3v) is 5.64. The van der Waals surface area contributed by atoms with E-state index in [-0.39, 0.29) is 55.9 Å². The molecule has 0 aromatic heterocycles. The quantitative estimate of drug-likeness (QED) is 0.522. The Labute approximate surface area is 190 Å². The van der Waals surface area contributed by atoms with Gasteiger partial charge in [-0.05, 0) is 58.6 Å². The van der Waals surface area contributed by atoms with Crippen molar-refractivity contribution in [2.45, 2.75) is 13.8 Å². The first-order valence-corrected chi connectivity index (χ1v) is 9.14. The first-order valence-electron chi connectivity index (χ1n) is 7.70. The Bertz CT molecular complexity index is 1140. The molecule has 0 aliphatic heterocycles. The molecular weight excluding hydrogens is 482 g/mol. The van der Waals surface area contributed by atoms with Crippen molar-refractivity contribution in [3.63, 3.8) is 0 Å². The zero-order valence-electron chi connectivity index (χ0n) is 14.6. The molecule has 27 heavy (non-hydrogen) atoms. The van der Waals surface area contributed by atoms with Crippen LogP contribution in [0.1, 0.15) is 19.4 Å². The van der Waals surface area contributed by atoms with Crippen LogP contribution in [0.25, 0.3) is 16.3 Å². The van der Waals surface area contributed by atoms with Crippen molar-refractivity contribution >= 4 is 26.5 Å². The molecule has 0 saturated heterocycles. The molecule has 0 spiro atoms. The molecule has 0 fully saturated rings. The third-order valence-electron chi connectivity index (χ3n) is 4.60. The van der Waals surface area contributed by atoms with Crippen molar-refractivity contribution < 1.29 is 64.0 Å². The fourth-order valence-corrected chi connectivity index (χ4v) is 4.65. The average molecular weight is 499 g/mol. The second-order valence-electron chi connectivity index (χ2n) is 6.19. The molecule has 2 aliphatic carbocycles. The Hall–Kier alpha value is -0.967. The Morgan fingerprint density at radius 2 is 1.41 bits per heavy atom. The summed E-state index contributed by atoms with van der Waals surface area (Å²) in [5.41, 5.74) is 4.99. The summed E-state index contributed by atoms with van der Waals surface area (Å²) in [4.78, 5) is 0.0292. The van der Waals surface area contributed by atoms with Crippen LogP contribution in [0.15, 0.2) is 81.8 Å². The maximum Gasteiger partial charge on any atom is 2.00 e. The van der Waals surface area contributed by atoms with Crippen LogP contribution in [-0.4, -0.2) is 13.0 Å². The van der Waals surface area contributed by atoms with E-state index in [1.54, 1.807) is 6.92 Å². The van der Waals surface area contributed by atoms with Gasteiger partial charge < -0.3 is 24.8 Å². The summed E-state index contributed by atoms with van der Waals surface area (Å²) in [6.45, 7) is 3.60. The van der Waals surface area contributed by atoms with Crippen molar-refractivity contribution in [2.75, 3.05) is 0 Å². The predicted octanol–water partition coefficient (Wildman–Crippen LogP) is -1.34. The Morgan fingerprint density at radius 3 is 2.07 bits per heavy atom. The summed E-state index contributed by atoms with van der Waals surface area (Å²) in [5, 5.41) is 2.26. The topological polar surface area (TPSA) is 54.4 Å². The summed E-state index contributed by atoms with van der Waals surface area (Å²) in [7, 11) is -4.25. The molecule has 0 radical (unpaired) electrons. The molecule has 4 rings (SSSR count). The first kappa shape index (κ1) is 24.1. The standard InChI is InChI=1S/C20H16O3S.2ClH.Zr/c1-12-10-17(16-9-5-7-14-6-3-4-8-15(14)16)18-11-13(2)20(19(12)18)24(21,22)23;;;/h3-11H,1-2H3,(H,21,22,23);2*1H;/q;;;+2/p-2. The van der Waals surface area contributed by atoms with Crippen LogP contribution in [0.4, 0.5) is 0 Å². The number of hydrogen-bond donors (Lipinski definition) is 1. The van der Waals surface area contributed by atoms with Gasteiger partial charge in [0.15, 0.2) is 0 Å². The molecule has 0 heterocycles. The Morgan fingerprint density at radius 1 is 0.815 bits per heavy atom. The second-order valence-corrected chi connectivity index (χ2v) is 7.55. The average Bonchev–Trinajstić information content (AvgIpc) is 3.03. The van der Waals surface area contributed by atoms with Crippen LogP contribution in [0.5, 0.6) is 0 Å². The number of halogens is 2. The van der Waals surface area contributed by atoms with Gasteiger partial charge in [0.05, 0.1) is 0 Å². The van der Waals surface area contributed by atoms with Gasteiger partial charge in [-0.3, -0.25) is 4.55 Å². The van der Waals surface area contributed by atoms with Gasteiger partial charge in [-0.2, -0.15) is 8.42 Å². The minimum Gasteiger partial charge on any atom is -1.00 e. The van der Waals surface area contributed by atoms with Crippen molar-refractivity contribution in [2.24, 2.45) is 0 Å². The molecule has 7 heteroatoms. The molecule has 0 atom stereocenters. The van der Waals surface area contributed by atoms with Crippen molar-refractivity contribution in [3.05, 3.63) is 87.4 Å². The first-order chi connectivity index (χ1) is 11.4. The third kappa shape index (κ3) is 3.94. The molecule has 3 nitrogen and oxygen atoms in total. The van der Waals surface area contributed by atoms with Crippen LogP contribution >= 0.6 is 0 Å². The Kier molecular flexibility index (Phi) is 7.66. The largest absolute Gasteiger partial charge is 2.00 e. The number of benzene rings is 2. The van der Waals surface area contributed by atoms with E-state index >= 15 is 0 Å². The van der Waals surface area contributed by atoms with E-state index in [1.807, 2.05) is 43.3 Å². The molecule has 2 aromatic carbocycles. The summed E-state index contributed by atoms with van der Waals surface area (Å²) in [6, 6.07) is 14.2. The van der Waals surface area contributed by atoms with E-state index in [4.69, 9.17) is 0 Å². The molecule has 2 aliphatic rings. The number of rotatable bonds is 2. The molecule has 0 bridgehead atoms. The predicted molar refractivity (Wildman–Crippen MR) is 97.0 cm³/mol. The SMILES string of the molecule is CC1=C2C(=CC(C)=C2S(=O)(=O)O)C(c2cccc3ccccc23)=C1.[Cl-].[Cl-].[Zr+2]. The van der Waals surface area contributed by atoms with Gasteiger partial charge in [-0.1, -0.05) is 48.5 Å². The molecule has 0 saturated carbocycles. The number of hydrogen-bond acceptors (Lipinski definition) is 2. The van der Waals surface area contributed by atoms with E-state index in [0.717, 1.165) is 33.1 Å². The van der Waals surface area contributed by atoms with Crippen LogP contribution < -0.4 is 24.8 Å². The van der Waals surface area contributed by atoms with E-state index in [1.165, 1.54) is 0 Å². The van der Waals surface area contributed by atoms with Gasteiger partial charge in [0.1, 0.15) is 4.91 Å². The smallest absolute Gasteiger partial charge is 1.00 e. The van der Waals surface area contributed by atoms with E-state index in [0.29, 0.717) is 11.1 Å². The summed E-state index contributed by atoms with van der Waals surface area (Å²) < 4.78 is 33.2. The zero-order valence-corrected chi connectivity index (χ0v) is 19.4. The summed E-state index contributed by atoms with van der Waals surface area (Å²) in [6.07, 6.45) is 3.85. The Balaban J connectivity index is 0.00000121. The van der Waals surface area contributed by atoms with Gasteiger partial charge in [0.2, 0.25) is 0 Å². The molecule has 0 amide bonds. The minimum absolute atomic E-state index is 0. The maximum atomic E-state index is 11.8. The van der Waals surface area contributed by atoms with Gasteiger partial charge in [0.25, 0.3) is 10.1 Å². The van der Waals surface area contributed by atoms with Crippen molar-refractivity contribution in [1.82, 2.24) is 0 Å². The molecule has 0 unspecified atom stereocenters. The van der Waals surface area contributed by atoms with Gasteiger partial charge in [-0.15, -0.1) is 0 Å². The fourth-order valence-electron chi connectivity index (χ4n) is 3.66. The fraction of sp³-hybridized carbons (Fsp3) is 0.100. The van der Waals surface area contributed by atoms with Crippen LogP contribution in [-0.2, 0) is 36.3 Å². The van der Waals surface area contributed by atoms with Gasteiger partial charge >= 0.3 is 26.2 Å². The molecule has 2 aromatic rings. The second kappa shape index (κ2) is 8.59. The van der Waals surface area contributed by atoms with E-state index in [2.05, 4.69) is 18.2 Å². The zero-order chi connectivity index (χ0) is 17.1. The summed E-state index contributed by atoms with van der Waals surface area (Å²) >= 11 is 0. The summed E-state index contributed by atoms with van der Waals surface area (Å²) in [5.74, 6) is 0. The number of fused-ring (bicyclic) bond motifs is 2.